The Morgan fingerprint density at radius 2 is 2.25 bits per heavy atom. The third-order valence-electron chi connectivity index (χ3n) is 2.43. The van der Waals surface area contributed by atoms with Crippen LogP contribution in [0.15, 0.2) is 24.7 Å². The molecule has 1 N–H and O–H groups in total. The van der Waals surface area contributed by atoms with Crippen LogP contribution >= 0.6 is 0 Å². The average Bonchev–Trinajstić information content (AvgIpc) is 2.59. The Morgan fingerprint density at radius 1 is 1.44 bits per heavy atom. The zero-order valence-electron chi connectivity index (χ0n) is 9.33. The fraction of sp³-hybridized carbons (Fsp3) is 0.364. The van der Waals surface area contributed by atoms with Crippen LogP contribution in [-0.2, 0) is 13.5 Å². The molecule has 0 fully saturated rings. The minimum Gasteiger partial charge on any atom is -0.386 e. The second kappa shape index (κ2) is 4.40. The first-order chi connectivity index (χ1) is 7.66. The number of aromatic nitrogens is 4. The van der Waals surface area contributed by atoms with Gasteiger partial charge in [0.05, 0.1) is 17.6 Å². The van der Waals surface area contributed by atoms with Gasteiger partial charge in [-0.05, 0) is 13.0 Å². The van der Waals surface area contributed by atoms with E-state index < -0.39 is 6.10 Å². The molecule has 2 rings (SSSR count). The van der Waals surface area contributed by atoms with E-state index in [4.69, 9.17) is 0 Å². The molecule has 0 aromatic carbocycles. The van der Waals surface area contributed by atoms with E-state index in [1.165, 1.54) is 0 Å². The van der Waals surface area contributed by atoms with E-state index in [2.05, 4.69) is 15.1 Å². The zero-order valence-corrected chi connectivity index (χ0v) is 9.33. The van der Waals surface area contributed by atoms with E-state index in [1.54, 1.807) is 23.3 Å². The summed E-state index contributed by atoms with van der Waals surface area (Å²) in [5, 5.41) is 14.2. The van der Waals surface area contributed by atoms with Gasteiger partial charge < -0.3 is 5.11 Å². The highest BCUT2D eigenvalue weighted by Gasteiger charge is 2.12. The van der Waals surface area contributed by atoms with Crippen LogP contribution in [0.1, 0.15) is 23.2 Å². The third-order valence-corrected chi connectivity index (χ3v) is 2.43. The monoisotopic (exact) mass is 218 g/mol. The van der Waals surface area contributed by atoms with Crippen molar-refractivity contribution in [2.75, 3.05) is 0 Å². The van der Waals surface area contributed by atoms with Crippen molar-refractivity contribution in [2.45, 2.75) is 19.4 Å². The summed E-state index contributed by atoms with van der Waals surface area (Å²) in [6.45, 7) is 1.93. The zero-order chi connectivity index (χ0) is 11.5. The van der Waals surface area contributed by atoms with Gasteiger partial charge in [-0.3, -0.25) is 14.6 Å². The lowest BCUT2D eigenvalue weighted by Crippen LogP contribution is -2.08. The number of aliphatic hydroxyl groups excluding tert-OH is 1. The topological polar surface area (TPSA) is 63.8 Å². The van der Waals surface area contributed by atoms with E-state index in [-0.39, 0.29) is 0 Å². The highest BCUT2D eigenvalue weighted by Crippen LogP contribution is 2.15. The number of hydrogen-bond donors (Lipinski definition) is 1. The fourth-order valence-electron chi connectivity index (χ4n) is 1.64. The van der Waals surface area contributed by atoms with Gasteiger partial charge in [0, 0.05) is 31.6 Å². The molecular formula is C11H14N4O. The lowest BCUT2D eigenvalue weighted by Gasteiger charge is -2.09. The summed E-state index contributed by atoms with van der Waals surface area (Å²) < 4.78 is 1.77. The van der Waals surface area contributed by atoms with Crippen molar-refractivity contribution in [3.05, 3.63) is 41.7 Å². The molecule has 2 aromatic rings. The Bertz CT molecular complexity index is 466. The molecule has 5 heteroatoms. The van der Waals surface area contributed by atoms with Gasteiger partial charge in [-0.2, -0.15) is 5.10 Å². The molecule has 84 valence electrons. The number of rotatable bonds is 3. The summed E-state index contributed by atoms with van der Waals surface area (Å²) in [5.41, 5.74) is 2.51. The van der Waals surface area contributed by atoms with E-state index in [1.807, 2.05) is 20.0 Å². The largest absolute Gasteiger partial charge is 0.386 e. The molecule has 0 bridgehead atoms. The van der Waals surface area contributed by atoms with Crippen LogP contribution in [0.25, 0.3) is 0 Å². The first-order valence-corrected chi connectivity index (χ1v) is 5.10. The van der Waals surface area contributed by atoms with Gasteiger partial charge in [-0.25, -0.2) is 0 Å². The maximum atomic E-state index is 9.96. The normalized spacial score (nSPS) is 12.7. The first-order valence-electron chi connectivity index (χ1n) is 5.10. The number of aryl methyl sites for hydroxylation is 2. The van der Waals surface area contributed by atoms with Crippen molar-refractivity contribution in [1.82, 2.24) is 19.7 Å². The van der Waals surface area contributed by atoms with E-state index in [0.717, 1.165) is 11.4 Å². The van der Waals surface area contributed by atoms with Crippen LogP contribution in [0, 0.1) is 6.92 Å². The summed E-state index contributed by atoms with van der Waals surface area (Å²) >= 11 is 0. The van der Waals surface area contributed by atoms with E-state index in [9.17, 15) is 5.11 Å². The molecule has 0 saturated heterocycles. The molecule has 0 radical (unpaired) electrons. The Kier molecular flexibility index (Phi) is 2.96. The number of nitrogens with zero attached hydrogens (tertiary/aromatic N) is 4. The van der Waals surface area contributed by atoms with Crippen LogP contribution in [-0.4, -0.2) is 24.9 Å². The molecular weight excluding hydrogens is 204 g/mol. The molecule has 0 spiro atoms. The smallest absolute Gasteiger partial charge is 0.103 e. The second-order valence-corrected chi connectivity index (χ2v) is 3.75. The minimum atomic E-state index is -0.636. The van der Waals surface area contributed by atoms with Crippen molar-refractivity contribution in [3.8, 4) is 0 Å². The molecule has 0 aliphatic rings. The Balaban J connectivity index is 2.14. The highest BCUT2D eigenvalue weighted by molar-refractivity contribution is 5.12. The lowest BCUT2D eigenvalue weighted by molar-refractivity contribution is 0.170. The van der Waals surface area contributed by atoms with Crippen LogP contribution in [0.4, 0.5) is 0 Å². The van der Waals surface area contributed by atoms with Crippen molar-refractivity contribution < 1.29 is 5.11 Å². The van der Waals surface area contributed by atoms with E-state index in [0.29, 0.717) is 12.1 Å². The van der Waals surface area contributed by atoms with Crippen LogP contribution < -0.4 is 0 Å². The van der Waals surface area contributed by atoms with Crippen LogP contribution in [0.5, 0.6) is 0 Å². The van der Waals surface area contributed by atoms with Crippen molar-refractivity contribution >= 4 is 0 Å². The SMILES string of the molecule is Cc1cc(CC(O)c2cnccn2)n(C)n1. The molecule has 2 aromatic heterocycles. The van der Waals surface area contributed by atoms with Gasteiger partial charge >= 0.3 is 0 Å². The van der Waals surface area contributed by atoms with E-state index >= 15 is 0 Å². The predicted molar refractivity (Wildman–Crippen MR) is 58.6 cm³/mol. The standard InChI is InChI=1S/C11H14N4O/c1-8-5-9(15(2)14-8)6-11(16)10-7-12-3-4-13-10/h3-5,7,11,16H,6H2,1-2H3. The molecule has 5 nitrogen and oxygen atoms in total. The molecule has 0 amide bonds. The summed E-state index contributed by atoms with van der Waals surface area (Å²) in [5.74, 6) is 0. The number of hydrogen-bond acceptors (Lipinski definition) is 4. The lowest BCUT2D eigenvalue weighted by atomic mass is 10.1. The Morgan fingerprint density at radius 3 is 2.81 bits per heavy atom. The van der Waals surface area contributed by atoms with Gasteiger partial charge in [-0.15, -0.1) is 0 Å². The molecule has 1 unspecified atom stereocenters. The molecule has 0 aliphatic carbocycles. The van der Waals surface area contributed by atoms with Gasteiger partial charge in [0.15, 0.2) is 0 Å². The highest BCUT2D eigenvalue weighted by atomic mass is 16.3. The van der Waals surface area contributed by atoms with Crippen molar-refractivity contribution in [2.24, 2.45) is 7.05 Å². The Hall–Kier alpha value is -1.75. The average molecular weight is 218 g/mol. The minimum absolute atomic E-state index is 0.496. The summed E-state index contributed by atoms with van der Waals surface area (Å²) in [4.78, 5) is 8.00. The van der Waals surface area contributed by atoms with Gasteiger partial charge in [0.25, 0.3) is 0 Å². The quantitative estimate of drug-likeness (QED) is 0.827. The summed E-state index contributed by atoms with van der Waals surface area (Å²) in [7, 11) is 1.87. The maximum Gasteiger partial charge on any atom is 0.103 e. The molecule has 16 heavy (non-hydrogen) atoms. The molecule has 1 atom stereocenters. The van der Waals surface area contributed by atoms with Crippen molar-refractivity contribution in [3.63, 3.8) is 0 Å². The first kappa shape index (κ1) is 10.8. The van der Waals surface area contributed by atoms with Gasteiger partial charge in [0.1, 0.15) is 6.10 Å². The fourth-order valence-corrected chi connectivity index (χ4v) is 1.64. The van der Waals surface area contributed by atoms with Crippen LogP contribution in [0.3, 0.4) is 0 Å². The summed E-state index contributed by atoms with van der Waals surface area (Å²) in [6, 6.07) is 1.96. The molecule has 0 aliphatic heterocycles. The maximum absolute atomic E-state index is 9.96. The molecule has 0 saturated carbocycles. The molecule has 2 heterocycles. The van der Waals surface area contributed by atoms with Crippen molar-refractivity contribution in [1.29, 1.82) is 0 Å². The van der Waals surface area contributed by atoms with Gasteiger partial charge in [-0.1, -0.05) is 0 Å². The predicted octanol–water partition coefficient (Wildman–Crippen LogP) is 0.795. The van der Waals surface area contributed by atoms with Gasteiger partial charge in [0.2, 0.25) is 0 Å². The number of aliphatic hydroxyl groups is 1. The summed E-state index contributed by atoms with van der Waals surface area (Å²) in [6.07, 6.45) is 4.60. The van der Waals surface area contributed by atoms with Crippen LogP contribution in [0.2, 0.25) is 0 Å². The third kappa shape index (κ3) is 2.25. The second-order valence-electron chi connectivity index (χ2n) is 3.75. The Labute approximate surface area is 93.8 Å².